The molecule has 0 spiro atoms. The minimum atomic E-state index is 0.265. The van der Waals surface area contributed by atoms with E-state index in [1.807, 2.05) is 12.1 Å². The van der Waals surface area contributed by atoms with Crippen molar-refractivity contribution in [2.45, 2.75) is 24.8 Å². The van der Waals surface area contributed by atoms with Gasteiger partial charge in [0, 0.05) is 24.7 Å². The Kier molecular flexibility index (Phi) is 4.16. The van der Waals surface area contributed by atoms with Gasteiger partial charge in [-0.15, -0.1) is 0 Å². The zero-order chi connectivity index (χ0) is 14.0. The highest BCUT2D eigenvalue weighted by Gasteiger charge is 2.40. The molecule has 0 unspecified atom stereocenters. The normalized spacial score (nSPS) is 17.1. The lowest BCUT2D eigenvalue weighted by molar-refractivity contribution is 0.0683. The molecule has 0 heterocycles. The molecule has 0 N–H and O–H groups in total. The molecule has 1 aromatic carbocycles. The average Bonchev–Trinajstić information content (AvgIpc) is 2.32. The van der Waals surface area contributed by atoms with E-state index < -0.39 is 0 Å². The minimum absolute atomic E-state index is 0.265. The van der Waals surface area contributed by atoms with Gasteiger partial charge in [-0.2, -0.15) is 0 Å². The predicted octanol–water partition coefficient (Wildman–Crippen LogP) is 3.07. The van der Waals surface area contributed by atoms with Gasteiger partial charge in [0.2, 0.25) is 0 Å². The molecule has 2 rings (SSSR count). The van der Waals surface area contributed by atoms with E-state index in [-0.39, 0.29) is 5.54 Å². The van der Waals surface area contributed by atoms with E-state index in [0.29, 0.717) is 10.6 Å². The SMILES string of the molecule is CN(CC1(N(C)C)CCC1)c1ccc(C=O)cc1Cl. The summed E-state index contributed by atoms with van der Waals surface area (Å²) in [6.07, 6.45) is 4.58. The number of rotatable bonds is 5. The van der Waals surface area contributed by atoms with Crippen LogP contribution in [0, 0.1) is 0 Å². The van der Waals surface area contributed by atoms with Gasteiger partial charge >= 0.3 is 0 Å². The van der Waals surface area contributed by atoms with Crippen molar-refractivity contribution in [1.29, 1.82) is 0 Å². The topological polar surface area (TPSA) is 23.6 Å². The molecule has 0 amide bonds. The first-order valence-corrected chi connectivity index (χ1v) is 7.00. The number of hydrogen-bond acceptors (Lipinski definition) is 3. The number of halogens is 1. The maximum atomic E-state index is 10.7. The molecule has 1 aromatic rings. The lowest BCUT2D eigenvalue weighted by Gasteiger charge is -2.49. The number of aldehydes is 1. The third-order valence-electron chi connectivity index (χ3n) is 4.28. The Labute approximate surface area is 120 Å². The quantitative estimate of drug-likeness (QED) is 0.775. The number of anilines is 1. The maximum absolute atomic E-state index is 10.7. The molecule has 0 bridgehead atoms. The molecule has 3 nitrogen and oxygen atoms in total. The highest BCUT2D eigenvalue weighted by Crippen LogP contribution is 2.38. The Bertz CT molecular complexity index is 469. The number of hydrogen-bond donors (Lipinski definition) is 0. The fraction of sp³-hybridized carbons (Fsp3) is 0.533. The molecule has 0 saturated heterocycles. The molecule has 0 atom stereocenters. The summed E-state index contributed by atoms with van der Waals surface area (Å²) in [5, 5.41) is 0.639. The van der Waals surface area contributed by atoms with Gasteiger partial charge in [-0.1, -0.05) is 11.6 Å². The van der Waals surface area contributed by atoms with Gasteiger partial charge < -0.3 is 9.80 Å². The van der Waals surface area contributed by atoms with Gasteiger partial charge in [-0.05, 0) is 51.6 Å². The highest BCUT2D eigenvalue weighted by atomic mass is 35.5. The third-order valence-corrected chi connectivity index (χ3v) is 4.59. The first kappa shape index (κ1) is 14.4. The fourth-order valence-corrected chi connectivity index (χ4v) is 3.10. The summed E-state index contributed by atoms with van der Waals surface area (Å²) in [5.74, 6) is 0. The lowest BCUT2D eigenvalue weighted by Crippen LogP contribution is -2.56. The van der Waals surface area contributed by atoms with Crippen molar-refractivity contribution in [3.63, 3.8) is 0 Å². The van der Waals surface area contributed by atoms with E-state index in [2.05, 4.69) is 30.9 Å². The number of benzene rings is 1. The van der Waals surface area contributed by atoms with Gasteiger partial charge in [0.15, 0.2) is 0 Å². The van der Waals surface area contributed by atoms with Crippen LogP contribution in [0.1, 0.15) is 29.6 Å². The first-order valence-electron chi connectivity index (χ1n) is 6.62. The first-order chi connectivity index (χ1) is 8.98. The number of nitrogens with zero attached hydrogens (tertiary/aromatic N) is 2. The van der Waals surface area contributed by atoms with Crippen LogP contribution < -0.4 is 4.90 Å². The van der Waals surface area contributed by atoms with Crippen molar-refractivity contribution in [3.05, 3.63) is 28.8 Å². The Morgan fingerprint density at radius 1 is 1.32 bits per heavy atom. The van der Waals surface area contributed by atoms with Crippen molar-refractivity contribution in [3.8, 4) is 0 Å². The van der Waals surface area contributed by atoms with Crippen LogP contribution in [0.2, 0.25) is 5.02 Å². The van der Waals surface area contributed by atoms with Gasteiger partial charge in [0.1, 0.15) is 6.29 Å². The van der Waals surface area contributed by atoms with Crippen LogP contribution >= 0.6 is 11.6 Å². The van der Waals surface area contributed by atoms with Gasteiger partial charge in [0.25, 0.3) is 0 Å². The molecule has 1 aliphatic carbocycles. The summed E-state index contributed by atoms with van der Waals surface area (Å²) in [6.45, 7) is 0.958. The van der Waals surface area contributed by atoms with E-state index in [0.717, 1.165) is 18.5 Å². The smallest absolute Gasteiger partial charge is 0.150 e. The number of carbonyl (C=O) groups is 1. The van der Waals surface area contributed by atoms with Crippen molar-refractivity contribution in [1.82, 2.24) is 4.90 Å². The van der Waals surface area contributed by atoms with Crippen molar-refractivity contribution in [2.24, 2.45) is 0 Å². The molecular formula is C15H21ClN2O. The van der Waals surface area contributed by atoms with Crippen LogP contribution in [0.5, 0.6) is 0 Å². The minimum Gasteiger partial charge on any atom is -0.372 e. The second-order valence-corrected chi connectivity index (χ2v) is 6.06. The Morgan fingerprint density at radius 2 is 2.00 bits per heavy atom. The Balaban J connectivity index is 2.15. The largest absolute Gasteiger partial charge is 0.372 e. The molecular weight excluding hydrogens is 260 g/mol. The summed E-state index contributed by atoms with van der Waals surface area (Å²) in [7, 11) is 6.35. The predicted molar refractivity (Wildman–Crippen MR) is 80.4 cm³/mol. The van der Waals surface area contributed by atoms with E-state index in [1.54, 1.807) is 6.07 Å². The highest BCUT2D eigenvalue weighted by molar-refractivity contribution is 6.33. The molecule has 1 saturated carbocycles. The lowest BCUT2D eigenvalue weighted by atomic mass is 9.75. The second-order valence-electron chi connectivity index (χ2n) is 5.66. The number of carbonyl (C=O) groups excluding carboxylic acids is 1. The fourth-order valence-electron chi connectivity index (χ4n) is 2.76. The number of likely N-dealkylation sites (N-methyl/N-ethyl adjacent to an activating group) is 2. The summed E-state index contributed by atoms with van der Waals surface area (Å²) in [5.41, 5.74) is 1.87. The molecule has 1 fully saturated rings. The van der Waals surface area contributed by atoms with Gasteiger partial charge in [-0.3, -0.25) is 4.79 Å². The second kappa shape index (κ2) is 5.51. The van der Waals surface area contributed by atoms with Crippen LogP contribution in [-0.4, -0.2) is 44.4 Å². The van der Waals surface area contributed by atoms with E-state index in [1.165, 1.54) is 19.3 Å². The van der Waals surface area contributed by atoms with Crippen molar-refractivity contribution >= 4 is 23.6 Å². The van der Waals surface area contributed by atoms with Gasteiger partial charge in [-0.25, -0.2) is 0 Å². The average molecular weight is 281 g/mol. The van der Waals surface area contributed by atoms with Crippen LogP contribution in [-0.2, 0) is 0 Å². The summed E-state index contributed by atoms with van der Waals surface area (Å²) >= 11 is 6.26. The zero-order valence-corrected chi connectivity index (χ0v) is 12.6. The molecule has 0 radical (unpaired) electrons. The summed E-state index contributed by atoms with van der Waals surface area (Å²) in [4.78, 5) is 15.2. The maximum Gasteiger partial charge on any atom is 0.150 e. The molecule has 19 heavy (non-hydrogen) atoms. The molecule has 4 heteroatoms. The molecule has 104 valence electrons. The molecule has 0 aliphatic heterocycles. The standard InChI is InChI=1S/C15H21ClN2O/c1-17(2)15(7-4-8-15)11-18(3)14-6-5-12(10-19)9-13(14)16/h5-6,9-10H,4,7-8,11H2,1-3H3. The Hall–Kier alpha value is -1.06. The van der Waals surface area contributed by atoms with E-state index >= 15 is 0 Å². The van der Waals surface area contributed by atoms with Crippen LogP contribution in [0.3, 0.4) is 0 Å². The third kappa shape index (κ3) is 2.77. The summed E-state index contributed by atoms with van der Waals surface area (Å²) < 4.78 is 0. The van der Waals surface area contributed by atoms with E-state index in [9.17, 15) is 4.79 Å². The molecule has 0 aromatic heterocycles. The molecule has 1 aliphatic rings. The van der Waals surface area contributed by atoms with Crippen LogP contribution in [0.4, 0.5) is 5.69 Å². The monoisotopic (exact) mass is 280 g/mol. The summed E-state index contributed by atoms with van der Waals surface area (Å²) in [6, 6.07) is 5.46. The zero-order valence-electron chi connectivity index (χ0n) is 11.8. The van der Waals surface area contributed by atoms with Crippen molar-refractivity contribution in [2.75, 3.05) is 32.6 Å². The van der Waals surface area contributed by atoms with Crippen LogP contribution in [0.15, 0.2) is 18.2 Å². The van der Waals surface area contributed by atoms with Crippen LogP contribution in [0.25, 0.3) is 0 Å². The van der Waals surface area contributed by atoms with Crippen molar-refractivity contribution < 1.29 is 4.79 Å². The van der Waals surface area contributed by atoms with Gasteiger partial charge in [0.05, 0.1) is 10.7 Å². The van der Waals surface area contributed by atoms with E-state index in [4.69, 9.17) is 11.6 Å². The Morgan fingerprint density at radius 3 is 2.42 bits per heavy atom.